The zero-order valence-electron chi connectivity index (χ0n) is 16.8. The molecule has 1 aliphatic rings. The van der Waals surface area contributed by atoms with Crippen LogP contribution in [-0.2, 0) is 5.41 Å². The van der Waals surface area contributed by atoms with Crippen LogP contribution in [0.4, 0.5) is 33.8 Å². The van der Waals surface area contributed by atoms with E-state index in [0.717, 1.165) is 0 Å². The summed E-state index contributed by atoms with van der Waals surface area (Å²) in [7, 11) is 0. The van der Waals surface area contributed by atoms with Gasteiger partial charge in [-0.1, -0.05) is 25.9 Å². The predicted molar refractivity (Wildman–Crippen MR) is 111 cm³/mol. The number of pyridine rings is 1. The molecule has 0 spiro atoms. The number of amides is 2. The van der Waals surface area contributed by atoms with E-state index in [1.165, 1.54) is 12.5 Å². The Kier molecular flexibility index (Phi) is 5.09. The van der Waals surface area contributed by atoms with Gasteiger partial charge < -0.3 is 25.2 Å². The number of ether oxygens (including phenoxy) is 1. The molecule has 156 valence electrons. The summed E-state index contributed by atoms with van der Waals surface area (Å²) in [5.74, 6) is 3.26. The van der Waals surface area contributed by atoms with Gasteiger partial charge in [0, 0.05) is 11.5 Å². The summed E-state index contributed by atoms with van der Waals surface area (Å²) in [5.41, 5.74) is 0.320. The molecular formula is C19H22N8O3. The van der Waals surface area contributed by atoms with Crippen LogP contribution in [-0.4, -0.2) is 39.3 Å². The Hall–Kier alpha value is -3.89. The highest BCUT2D eigenvalue weighted by Gasteiger charge is 2.20. The number of urea groups is 1. The largest absolute Gasteiger partial charge is 0.485 e. The van der Waals surface area contributed by atoms with Crippen LogP contribution >= 0.6 is 0 Å². The number of nitrogens with zero attached hydrogens (tertiary/aromatic N) is 4. The van der Waals surface area contributed by atoms with Crippen molar-refractivity contribution < 1.29 is 14.1 Å². The standard InChI is InChI=1S/C19H22N8O3/c1-19(2,3)12-8-14(27-30-12)26-18(28)24-11-4-5-13(21-9-11)25-17-15-16(22-10-23-17)20-6-7-29-15/h4-5,8-10H,6-7H2,1-3H3,(H2,24,26,27,28)(H2,20,21,22,23,25). The van der Waals surface area contributed by atoms with Crippen LogP contribution < -0.4 is 26.0 Å². The molecule has 0 unspecified atom stereocenters. The maximum atomic E-state index is 12.2. The predicted octanol–water partition coefficient (Wildman–Crippen LogP) is 3.35. The van der Waals surface area contributed by atoms with Crippen LogP contribution in [0.2, 0.25) is 0 Å². The minimum absolute atomic E-state index is 0.194. The van der Waals surface area contributed by atoms with E-state index in [1.807, 2.05) is 20.8 Å². The number of hydrogen-bond acceptors (Lipinski definition) is 9. The molecule has 0 bridgehead atoms. The number of fused-ring (bicyclic) bond motifs is 1. The van der Waals surface area contributed by atoms with E-state index in [4.69, 9.17) is 9.26 Å². The second-order valence-electron chi connectivity index (χ2n) is 7.64. The first-order valence-electron chi connectivity index (χ1n) is 9.38. The van der Waals surface area contributed by atoms with Crippen molar-refractivity contribution in [3.63, 3.8) is 0 Å². The van der Waals surface area contributed by atoms with Gasteiger partial charge in [-0.2, -0.15) is 0 Å². The molecular weight excluding hydrogens is 388 g/mol. The summed E-state index contributed by atoms with van der Waals surface area (Å²) in [6, 6.07) is 4.68. The smallest absolute Gasteiger partial charge is 0.324 e. The lowest BCUT2D eigenvalue weighted by atomic mass is 9.93. The topological polar surface area (TPSA) is 139 Å². The number of aromatic nitrogens is 4. The third-order valence-corrected chi connectivity index (χ3v) is 4.20. The van der Waals surface area contributed by atoms with E-state index in [1.54, 1.807) is 18.2 Å². The lowest BCUT2D eigenvalue weighted by Crippen LogP contribution is -2.20. The van der Waals surface area contributed by atoms with Crippen molar-refractivity contribution in [1.82, 2.24) is 20.1 Å². The Morgan fingerprint density at radius 3 is 2.73 bits per heavy atom. The van der Waals surface area contributed by atoms with E-state index in [2.05, 4.69) is 41.4 Å². The molecule has 3 aromatic heterocycles. The number of carbonyl (C=O) groups is 1. The normalized spacial score (nSPS) is 12.9. The summed E-state index contributed by atoms with van der Waals surface area (Å²) < 4.78 is 10.9. The molecule has 2 amide bonds. The van der Waals surface area contributed by atoms with Gasteiger partial charge in [0.05, 0.1) is 18.4 Å². The lowest BCUT2D eigenvalue weighted by Gasteiger charge is -2.20. The molecule has 0 radical (unpaired) electrons. The van der Waals surface area contributed by atoms with Gasteiger partial charge in [0.15, 0.2) is 17.5 Å². The second kappa shape index (κ2) is 7.85. The number of rotatable bonds is 4. The van der Waals surface area contributed by atoms with Gasteiger partial charge in [-0.3, -0.25) is 5.32 Å². The summed E-state index contributed by atoms with van der Waals surface area (Å²) >= 11 is 0. The fraction of sp³-hybridized carbons (Fsp3) is 0.316. The first kappa shape index (κ1) is 19.4. The SMILES string of the molecule is CC(C)(C)c1cc(NC(=O)Nc2ccc(Nc3ncnc4c3OCCN4)nc2)no1. The van der Waals surface area contributed by atoms with Crippen LogP contribution in [0.5, 0.6) is 5.75 Å². The summed E-state index contributed by atoms with van der Waals surface area (Å²) in [6.07, 6.45) is 2.97. The van der Waals surface area contributed by atoms with Gasteiger partial charge in [0.25, 0.3) is 0 Å². The Labute approximate surface area is 172 Å². The molecule has 30 heavy (non-hydrogen) atoms. The highest BCUT2D eigenvalue weighted by molar-refractivity contribution is 5.99. The van der Waals surface area contributed by atoms with Crippen LogP contribution in [0.1, 0.15) is 26.5 Å². The maximum absolute atomic E-state index is 12.2. The van der Waals surface area contributed by atoms with Crippen molar-refractivity contribution in [3.8, 4) is 5.75 Å². The molecule has 0 saturated carbocycles. The van der Waals surface area contributed by atoms with Gasteiger partial charge in [0.2, 0.25) is 5.75 Å². The number of nitrogens with one attached hydrogen (secondary N) is 4. The second-order valence-corrected chi connectivity index (χ2v) is 7.64. The third kappa shape index (κ3) is 4.40. The monoisotopic (exact) mass is 410 g/mol. The fourth-order valence-corrected chi connectivity index (χ4v) is 2.68. The average Bonchev–Trinajstić information content (AvgIpc) is 3.19. The summed E-state index contributed by atoms with van der Waals surface area (Å²) in [4.78, 5) is 24.8. The average molecular weight is 410 g/mol. The van der Waals surface area contributed by atoms with Crippen LogP contribution in [0, 0.1) is 0 Å². The Balaban J connectivity index is 1.37. The highest BCUT2D eigenvalue weighted by Crippen LogP contribution is 2.32. The molecule has 3 aromatic rings. The van der Waals surface area contributed by atoms with E-state index < -0.39 is 6.03 Å². The van der Waals surface area contributed by atoms with Gasteiger partial charge in [-0.15, -0.1) is 0 Å². The number of anilines is 5. The first-order valence-corrected chi connectivity index (χ1v) is 9.38. The molecule has 0 aromatic carbocycles. The van der Waals surface area contributed by atoms with E-state index >= 15 is 0 Å². The Bertz CT molecular complexity index is 1040. The molecule has 0 fully saturated rings. The first-order chi connectivity index (χ1) is 14.4. The third-order valence-electron chi connectivity index (χ3n) is 4.20. The minimum atomic E-state index is -0.449. The quantitative estimate of drug-likeness (QED) is 0.510. The van der Waals surface area contributed by atoms with Gasteiger partial charge >= 0.3 is 6.03 Å². The van der Waals surface area contributed by atoms with Crippen molar-refractivity contribution in [1.29, 1.82) is 0 Å². The molecule has 0 aliphatic carbocycles. The lowest BCUT2D eigenvalue weighted by molar-refractivity contribution is 0.262. The van der Waals surface area contributed by atoms with Crippen molar-refractivity contribution in [3.05, 3.63) is 36.5 Å². The van der Waals surface area contributed by atoms with Crippen molar-refractivity contribution in [2.24, 2.45) is 0 Å². The van der Waals surface area contributed by atoms with Crippen LogP contribution in [0.3, 0.4) is 0 Å². The van der Waals surface area contributed by atoms with Crippen LogP contribution in [0.25, 0.3) is 0 Å². The zero-order valence-corrected chi connectivity index (χ0v) is 16.8. The number of carbonyl (C=O) groups excluding carboxylic acids is 1. The van der Waals surface area contributed by atoms with Gasteiger partial charge in [-0.05, 0) is 12.1 Å². The van der Waals surface area contributed by atoms with E-state index in [-0.39, 0.29) is 5.41 Å². The maximum Gasteiger partial charge on any atom is 0.324 e. The highest BCUT2D eigenvalue weighted by atomic mass is 16.5. The summed E-state index contributed by atoms with van der Waals surface area (Å²) in [6.45, 7) is 7.22. The molecule has 1 aliphatic heterocycles. The summed E-state index contributed by atoms with van der Waals surface area (Å²) in [5, 5.41) is 15.4. The van der Waals surface area contributed by atoms with E-state index in [9.17, 15) is 4.79 Å². The Morgan fingerprint density at radius 2 is 2.00 bits per heavy atom. The number of hydrogen-bond donors (Lipinski definition) is 4. The molecule has 4 heterocycles. The van der Waals surface area contributed by atoms with Crippen molar-refractivity contribution >= 4 is 35.0 Å². The Morgan fingerprint density at radius 1 is 1.13 bits per heavy atom. The molecule has 0 atom stereocenters. The fourth-order valence-electron chi connectivity index (χ4n) is 2.68. The zero-order chi connectivity index (χ0) is 21.1. The molecule has 11 heteroatoms. The molecule has 4 N–H and O–H groups in total. The molecule has 0 saturated heterocycles. The minimum Gasteiger partial charge on any atom is -0.485 e. The molecule has 11 nitrogen and oxygen atoms in total. The van der Waals surface area contributed by atoms with Crippen molar-refractivity contribution in [2.75, 3.05) is 34.4 Å². The van der Waals surface area contributed by atoms with E-state index in [0.29, 0.717) is 53.6 Å². The molecule has 4 rings (SSSR count). The van der Waals surface area contributed by atoms with Crippen molar-refractivity contribution in [2.45, 2.75) is 26.2 Å². The van der Waals surface area contributed by atoms with Crippen LogP contribution in [0.15, 0.2) is 35.2 Å². The van der Waals surface area contributed by atoms with Gasteiger partial charge in [0.1, 0.15) is 24.5 Å². The van der Waals surface area contributed by atoms with Gasteiger partial charge in [-0.25, -0.2) is 19.7 Å².